The van der Waals surface area contributed by atoms with Crippen LogP contribution in [0.2, 0.25) is 0 Å². The zero-order valence-corrected chi connectivity index (χ0v) is 18.7. The normalized spacial score (nSPS) is 21.5. The van der Waals surface area contributed by atoms with Gasteiger partial charge in [0.2, 0.25) is 0 Å². The van der Waals surface area contributed by atoms with Gasteiger partial charge in [0.1, 0.15) is 5.54 Å². The maximum absolute atomic E-state index is 13.5. The monoisotopic (exact) mass is 467 g/mol. The van der Waals surface area contributed by atoms with Gasteiger partial charge in [0.25, 0.3) is 5.91 Å². The van der Waals surface area contributed by atoms with Crippen LogP contribution < -0.4 is 16.9 Å². The van der Waals surface area contributed by atoms with Crippen LogP contribution in [0.25, 0.3) is 0 Å². The lowest BCUT2D eigenvalue weighted by atomic mass is 9.86. The molecule has 11 heteroatoms. The number of benzene rings is 1. The Labute approximate surface area is 195 Å². The molecule has 1 aliphatic heterocycles. The standard InChI is InChI=1S/C23H25N5O6/c1-12(29)19-15(20(32)16(24)10-18(30)31)4-3-5-17(19)28-21(33)23(2,27-22(28)34)14-8-6-13(7-9-14)11-26-25/h5-9,11,16H,3-4,10,24-25H2,1-2H3,(H,27,34)(H,30,31)/t16-,23+/m0/s1. The lowest BCUT2D eigenvalue weighted by molar-refractivity contribution is -0.138. The zero-order valence-electron chi connectivity index (χ0n) is 18.7. The third-order valence-corrected chi connectivity index (χ3v) is 5.81. The molecule has 0 bridgehead atoms. The Bertz CT molecular complexity index is 1170. The number of ketones is 2. The molecule has 178 valence electrons. The number of Topliss-reactive ketones (excluding diaryl/α,β-unsaturated/α-hetero) is 2. The molecular weight excluding hydrogens is 442 g/mol. The quantitative estimate of drug-likeness (QED) is 0.186. The molecule has 0 radical (unpaired) electrons. The van der Waals surface area contributed by atoms with Gasteiger partial charge in [0.15, 0.2) is 11.6 Å². The predicted molar refractivity (Wildman–Crippen MR) is 121 cm³/mol. The number of allylic oxidation sites excluding steroid dienone is 2. The first-order chi connectivity index (χ1) is 16.0. The summed E-state index contributed by atoms with van der Waals surface area (Å²) >= 11 is 0. The molecule has 2 aliphatic rings. The van der Waals surface area contributed by atoms with E-state index < -0.39 is 47.5 Å². The maximum Gasteiger partial charge on any atom is 0.329 e. The van der Waals surface area contributed by atoms with Crippen molar-refractivity contribution in [3.8, 4) is 0 Å². The molecule has 1 aromatic carbocycles. The fourth-order valence-corrected chi connectivity index (χ4v) is 4.12. The Hall–Kier alpha value is -4.12. The van der Waals surface area contributed by atoms with Crippen molar-refractivity contribution >= 4 is 35.7 Å². The van der Waals surface area contributed by atoms with Crippen molar-refractivity contribution in [2.75, 3.05) is 0 Å². The minimum absolute atomic E-state index is 0.0114. The molecule has 0 aromatic heterocycles. The maximum atomic E-state index is 13.5. The third-order valence-electron chi connectivity index (χ3n) is 5.81. The van der Waals surface area contributed by atoms with Gasteiger partial charge >= 0.3 is 12.0 Å². The summed E-state index contributed by atoms with van der Waals surface area (Å²) in [6.07, 6.45) is 2.75. The van der Waals surface area contributed by atoms with Crippen LogP contribution in [0.4, 0.5) is 4.79 Å². The molecule has 1 aromatic rings. The Morgan fingerprint density at radius 2 is 1.91 bits per heavy atom. The van der Waals surface area contributed by atoms with E-state index in [1.807, 2.05) is 0 Å². The van der Waals surface area contributed by atoms with Crippen molar-refractivity contribution in [1.82, 2.24) is 10.2 Å². The summed E-state index contributed by atoms with van der Waals surface area (Å²) in [5.41, 5.74) is 5.39. The van der Waals surface area contributed by atoms with Gasteiger partial charge in [-0.1, -0.05) is 30.3 Å². The lowest BCUT2D eigenvalue weighted by Crippen LogP contribution is -2.41. The smallest absolute Gasteiger partial charge is 0.329 e. The first kappa shape index (κ1) is 24.5. The molecule has 1 heterocycles. The summed E-state index contributed by atoms with van der Waals surface area (Å²) in [7, 11) is 0. The second-order valence-corrected chi connectivity index (χ2v) is 8.20. The summed E-state index contributed by atoms with van der Waals surface area (Å²) < 4.78 is 0. The van der Waals surface area contributed by atoms with Gasteiger partial charge in [-0.2, -0.15) is 5.10 Å². The predicted octanol–water partition coefficient (Wildman–Crippen LogP) is 0.681. The number of aliphatic carboxylic acids is 1. The number of imide groups is 1. The SMILES string of the molecule is CC(=O)C1=C(C(=O)[C@@H](N)CC(=O)O)CCC=C1N1C(=O)N[C@](C)(c2ccc(C=NN)cc2)C1=O. The van der Waals surface area contributed by atoms with Gasteiger partial charge < -0.3 is 22.0 Å². The minimum Gasteiger partial charge on any atom is -0.481 e. The summed E-state index contributed by atoms with van der Waals surface area (Å²) in [5, 5.41) is 15.1. The number of nitrogens with one attached hydrogen (secondary N) is 1. The topological polar surface area (TPSA) is 185 Å². The number of carbonyl (C=O) groups is 5. The zero-order chi connectivity index (χ0) is 25.2. The van der Waals surface area contributed by atoms with Crippen LogP contribution >= 0.6 is 0 Å². The van der Waals surface area contributed by atoms with Gasteiger partial charge in [0, 0.05) is 11.1 Å². The molecule has 2 atom stereocenters. The number of nitrogens with zero attached hydrogens (tertiary/aromatic N) is 2. The number of hydrogen-bond donors (Lipinski definition) is 4. The van der Waals surface area contributed by atoms with Crippen molar-refractivity contribution in [3.05, 3.63) is 58.3 Å². The molecule has 1 aliphatic carbocycles. The minimum atomic E-state index is -1.43. The van der Waals surface area contributed by atoms with Crippen molar-refractivity contribution in [1.29, 1.82) is 0 Å². The molecule has 0 unspecified atom stereocenters. The summed E-state index contributed by atoms with van der Waals surface area (Å²) in [6, 6.07) is 4.55. The van der Waals surface area contributed by atoms with E-state index in [4.69, 9.17) is 16.7 Å². The van der Waals surface area contributed by atoms with Crippen LogP contribution in [0.15, 0.2) is 52.3 Å². The van der Waals surface area contributed by atoms with E-state index >= 15 is 0 Å². The van der Waals surface area contributed by atoms with E-state index in [9.17, 15) is 24.0 Å². The average Bonchev–Trinajstić information content (AvgIpc) is 3.01. The highest BCUT2D eigenvalue weighted by Gasteiger charge is 2.51. The highest BCUT2D eigenvalue weighted by atomic mass is 16.4. The van der Waals surface area contributed by atoms with Crippen LogP contribution in [0.1, 0.15) is 44.2 Å². The van der Waals surface area contributed by atoms with Crippen molar-refractivity contribution in [3.63, 3.8) is 0 Å². The first-order valence-electron chi connectivity index (χ1n) is 10.5. The van der Waals surface area contributed by atoms with Gasteiger partial charge in [-0.05, 0) is 37.8 Å². The van der Waals surface area contributed by atoms with Crippen LogP contribution in [0, 0.1) is 0 Å². The molecule has 0 saturated carbocycles. The van der Waals surface area contributed by atoms with Crippen LogP contribution in [0.5, 0.6) is 0 Å². The third kappa shape index (κ3) is 4.37. The van der Waals surface area contributed by atoms with E-state index in [0.717, 1.165) is 4.90 Å². The Morgan fingerprint density at radius 1 is 1.26 bits per heavy atom. The lowest BCUT2D eigenvalue weighted by Gasteiger charge is -2.27. The van der Waals surface area contributed by atoms with E-state index in [-0.39, 0.29) is 29.7 Å². The highest BCUT2D eigenvalue weighted by Crippen LogP contribution is 2.36. The number of carboxylic acid groups (broad SMARTS) is 1. The molecule has 34 heavy (non-hydrogen) atoms. The Kier molecular flexibility index (Phi) is 6.78. The molecular formula is C23H25N5O6. The van der Waals surface area contributed by atoms with E-state index in [1.165, 1.54) is 20.1 Å². The van der Waals surface area contributed by atoms with E-state index in [2.05, 4.69) is 10.4 Å². The summed E-state index contributed by atoms with van der Waals surface area (Å²) in [4.78, 5) is 63.7. The van der Waals surface area contributed by atoms with E-state index in [1.54, 1.807) is 30.3 Å². The van der Waals surface area contributed by atoms with Gasteiger partial charge in [-0.25, -0.2) is 9.69 Å². The molecule has 0 spiro atoms. The number of carbonyl (C=O) groups excluding carboxylic acids is 4. The molecule has 3 amide bonds. The van der Waals surface area contributed by atoms with Crippen LogP contribution in [-0.4, -0.2) is 51.7 Å². The first-order valence-corrected chi connectivity index (χ1v) is 10.5. The van der Waals surface area contributed by atoms with Crippen molar-refractivity contribution < 1.29 is 29.1 Å². The number of amides is 3. The number of hydrazone groups is 1. The van der Waals surface area contributed by atoms with Gasteiger partial charge in [0.05, 0.1) is 24.4 Å². The van der Waals surface area contributed by atoms with Crippen molar-refractivity contribution in [2.45, 2.75) is 44.7 Å². The highest BCUT2D eigenvalue weighted by molar-refractivity contribution is 6.15. The van der Waals surface area contributed by atoms with Crippen molar-refractivity contribution in [2.24, 2.45) is 16.7 Å². The average molecular weight is 467 g/mol. The van der Waals surface area contributed by atoms with Gasteiger partial charge in [-0.15, -0.1) is 0 Å². The van der Waals surface area contributed by atoms with Crippen LogP contribution in [0.3, 0.4) is 0 Å². The molecule has 6 N–H and O–H groups in total. The van der Waals surface area contributed by atoms with Crippen LogP contribution in [-0.2, 0) is 24.7 Å². The van der Waals surface area contributed by atoms with Gasteiger partial charge in [-0.3, -0.25) is 19.2 Å². The molecule has 3 rings (SSSR count). The largest absolute Gasteiger partial charge is 0.481 e. The summed E-state index contributed by atoms with van der Waals surface area (Å²) in [6.45, 7) is 2.74. The number of nitrogens with two attached hydrogens (primary N) is 2. The molecule has 1 saturated heterocycles. The second-order valence-electron chi connectivity index (χ2n) is 8.20. The Morgan fingerprint density at radius 3 is 2.47 bits per heavy atom. The number of urea groups is 1. The summed E-state index contributed by atoms with van der Waals surface area (Å²) in [5.74, 6) is 2.01. The second kappa shape index (κ2) is 9.40. The Balaban J connectivity index is 2.01. The fraction of sp³-hybridized carbons (Fsp3) is 0.304. The number of rotatable bonds is 8. The number of carboxylic acids is 1. The molecule has 11 nitrogen and oxygen atoms in total. The van der Waals surface area contributed by atoms with E-state index in [0.29, 0.717) is 11.1 Å². The molecule has 1 fully saturated rings. The fourth-order valence-electron chi connectivity index (χ4n) is 4.12. The number of hydrogen-bond acceptors (Lipinski definition) is 8.